The van der Waals surface area contributed by atoms with Gasteiger partial charge >= 0.3 is 0 Å². The number of carbonyl (C=O) groups is 3. The predicted molar refractivity (Wildman–Crippen MR) is 109 cm³/mol. The summed E-state index contributed by atoms with van der Waals surface area (Å²) in [4.78, 5) is 40.6. The average molecular weight is 399 g/mol. The molecule has 0 spiro atoms. The monoisotopic (exact) mass is 398 g/mol. The topological polar surface area (TPSA) is 95.7 Å². The van der Waals surface area contributed by atoms with Crippen molar-refractivity contribution in [1.82, 2.24) is 15.1 Å². The van der Waals surface area contributed by atoms with Crippen LogP contribution in [-0.4, -0.2) is 52.7 Å². The van der Waals surface area contributed by atoms with Crippen LogP contribution >= 0.6 is 0 Å². The van der Waals surface area contributed by atoms with E-state index in [1.807, 2.05) is 12.1 Å². The van der Waals surface area contributed by atoms with Crippen molar-refractivity contribution in [2.45, 2.75) is 69.6 Å². The van der Waals surface area contributed by atoms with Gasteiger partial charge in [-0.25, -0.2) is 0 Å². The molecule has 1 aliphatic carbocycles. The lowest BCUT2D eigenvalue weighted by molar-refractivity contribution is -0.136. The second kappa shape index (κ2) is 7.88. The summed E-state index contributed by atoms with van der Waals surface area (Å²) < 4.78 is 0. The van der Waals surface area contributed by atoms with Crippen molar-refractivity contribution in [1.29, 1.82) is 0 Å². The number of nitrogens with zero attached hydrogens (tertiary/aromatic N) is 2. The van der Waals surface area contributed by atoms with E-state index in [9.17, 15) is 14.4 Å². The van der Waals surface area contributed by atoms with E-state index in [-0.39, 0.29) is 29.7 Å². The highest BCUT2D eigenvalue weighted by molar-refractivity contribution is 6.05. The zero-order chi connectivity index (χ0) is 20.6. The normalized spacial score (nSPS) is 24.0. The predicted octanol–water partition coefficient (Wildman–Crippen LogP) is 1.54. The molecule has 1 aromatic rings. The smallest absolute Gasteiger partial charge is 0.255 e. The highest BCUT2D eigenvalue weighted by atomic mass is 16.2. The van der Waals surface area contributed by atoms with E-state index in [0.717, 1.165) is 30.5 Å². The number of nitrogens with two attached hydrogens (primary N) is 1. The molecule has 4 rings (SSSR count). The number of likely N-dealkylation sites (N-methyl/N-ethyl adjacent to an activating group) is 1. The Labute approximate surface area is 171 Å². The van der Waals surface area contributed by atoms with Gasteiger partial charge in [0.1, 0.15) is 6.04 Å². The second-order valence-electron chi connectivity index (χ2n) is 8.74. The minimum Gasteiger partial charge on any atom is -0.329 e. The Morgan fingerprint density at radius 1 is 1.21 bits per heavy atom. The van der Waals surface area contributed by atoms with Gasteiger partial charge in [-0.2, -0.15) is 0 Å². The number of imide groups is 1. The molecule has 7 nitrogen and oxygen atoms in total. The van der Waals surface area contributed by atoms with Crippen molar-refractivity contribution in [2.75, 3.05) is 13.6 Å². The van der Waals surface area contributed by atoms with Gasteiger partial charge in [-0.15, -0.1) is 0 Å². The molecule has 3 aliphatic rings. The van der Waals surface area contributed by atoms with Gasteiger partial charge in [-0.3, -0.25) is 24.6 Å². The molecule has 1 atom stereocenters. The van der Waals surface area contributed by atoms with Crippen LogP contribution in [0.5, 0.6) is 0 Å². The highest BCUT2D eigenvalue weighted by Gasteiger charge is 2.39. The van der Waals surface area contributed by atoms with Crippen LogP contribution in [-0.2, 0) is 22.7 Å². The maximum Gasteiger partial charge on any atom is 0.255 e. The van der Waals surface area contributed by atoms with Crippen molar-refractivity contribution in [2.24, 2.45) is 5.73 Å². The summed E-state index contributed by atoms with van der Waals surface area (Å²) in [7, 11) is 2.13. The number of hydrogen-bond donors (Lipinski definition) is 2. The van der Waals surface area contributed by atoms with Crippen LogP contribution in [0.3, 0.4) is 0 Å². The molecule has 2 heterocycles. The molecule has 0 radical (unpaired) electrons. The molecule has 0 bridgehead atoms. The van der Waals surface area contributed by atoms with E-state index in [4.69, 9.17) is 5.73 Å². The first-order valence-electron chi connectivity index (χ1n) is 10.6. The van der Waals surface area contributed by atoms with Crippen LogP contribution in [0, 0.1) is 0 Å². The molecule has 3 amide bonds. The van der Waals surface area contributed by atoms with Crippen LogP contribution in [0.2, 0.25) is 0 Å². The number of piperidine rings is 1. The first-order valence-corrected chi connectivity index (χ1v) is 10.6. The van der Waals surface area contributed by atoms with Crippen molar-refractivity contribution in [3.05, 3.63) is 34.9 Å². The third kappa shape index (κ3) is 3.69. The zero-order valence-corrected chi connectivity index (χ0v) is 17.1. The summed E-state index contributed by atoms with van der Waals surface area (Å²) >= 11 is 0. The Kier molecular flexibility index (Phi) is 5.44. The largest absolute Gasteiger partial charge is 0.329 e. The molecule has 1 saturated heterocycles. The van der Waals surface area contributed by atoms with E-state index in [1.54, 1.807) is 4.90 Å². The Morgan fingerprint density at radius 3 is 2.66 bits per heavy atom. The lowest BCUT2D eigenvalue weighted by Gasteiger charge is -2.44. The lowest BCUT2D eigenvalue weighted by Crippen LogP contribution is -2.52. The highest BCUT2D eigenvalue weighted by Crippen LogP contribution is 2.34. The molecule has 1 aromatic carbocycles. The number of carbonyl (C=O) groups excluding carboxylic acids is 3. The van der Waals surface area contributed by atoms with Crippen LogP contribution in [0.25, 0.3) is 0 Å². The Hall–Kier alpha value is -2.25. The van der Waals surface area contributed by atoms with Crippen molar-refractivity contribution in [3.8, 4) is 0 Å². The summed E-state index contributed by atoms with van der Waals surface area (Å²) in [5.41, 5.74) is 8.91. The van der Waals surface area contributed by atoms with Gasteiger partial charge < -0.3 is 10.6 Å². The zero-order valence-electron chi connectivity index (χ0n) is 17.1. The Morgan fingerprint density at radius 2 is 1.97 bits per heavy atom. The number of amides is 3. The van der Waals surface area contributed by atoms with E-state index in [2.05, 4.69) is 23.3 Å². The molecule has 156 valence electrons. The quantitative estimate of drug-likeness (QED) is 0.734. The van der Waals surface area contributed by atoms with Gasteiger partial charge in [0.15, 0.2) is 0 Å². The molecule has 0 aromatic heterocycles. The number of nitrogens with one attached hydrogen (secondary N) is 1. The van der Waals surface area contributed by atoms with Crippen molar-refractivity contribution in [3.63, 3.8) is 0 Å². The number of benzene rings is 1. The second-order valence-corrected chi connectivity index (χ2v) is 8.74. The van der Waals surface area contributed by atoms with Crippen LogP contribution < -0.4 is 11.1 Å². The molecule has 3 N–H and O–H groups in total. The van der Waals surface area contributed by atoms with Gasteiger partial charge in [0, 0.05) is 37.2 Å². The molecule has 1 saturated carbocycles. The van der Waals surface area contributed by atoms with E-state index >= 15 is 0 Å². The molecular weight excluding hydrogens is 368 g/mol. The SMILES string of the molecule is CN(Cc1ccc2c(c1)C(=O)N(C1CCC(=O)NC1=O)C2)C1(CN)CCCCC1. The van der Waals surface area contributed by atoms with Gasteiger partial charge in [0.05, 0.1) is 0 Å². The summed E-state index contributed by atoms with van der Waals surface area (Å²) in [5.74, 6) is -0.757. The Balaban J connectivity index is 1.49. The number of fused-ring (bicyclic) bond motifs is 1. The van der Waals surface area contributed by atoms with Crippen LogP contribution in [0.15, 0.2) is 18.2 Å². The summed E-state index contributed by atoms with van der Waals surface area (Å²) in [5, 5.41) is 2.35. The van der Waals surface area contributed by atoms with E-state index in [0.29, 0.717) is 25.1 Å². The number of rotatable bonds is 5. The van der Waals surface area contributed by atoms with E-state index < -0.39 is 6.04 Å². The maximum absolute atomic E-state index is 13.0. The van der Waals surface area contributed by atoms with Gasteiger partial charge in [-0.1, -0.05) is 31.4 Å². The Bertz CT molecular complexity index is 831. The lowest BCUT2D eigenvalue weighted by atomic mass is 9.80. The van der Waals surface area contributed by atoms with Gasteiger partial charge in [-0.05, 0) is 43.5 Å². The molecule has 1 unspecified atom stereocenters. The average Bonchev–Trinajstić information content (AvgIpc) is 3.04. The van der Waals surface area contributed by atoms with Gasteiger partial charge in [0.25, 0.3) is 5.91 Å². The molecule has 7 heteroatoms. The first-order chi connectivity index (χ1) is 13.9. The summed E-state index contributed by atoms with van der Waals surface area (Å²) in [6.07, 6.45) is 6.60. The van der Waals surface area contributed by atoms with Crippen molar-refractivity contribution >= 4 is 17.7 Å². The third-order valence-corrected chi connectivity index (χ3v) is 6.99. The maximum atomic E-state index is 13.0. The molecule has 29 heavy (non-hydrogen) atoms. The summed E-state index contributed by atoms with van der Waals surface area (Å²) in [6, 6.07) is 5.47. The van der Waals surface area contributed by atoms with Crippen LogP contribution in [0.1, 0.15) is 66.4 Å². The minimum absolute atomic E-state index is 0.0417. The molecular formula is C22H30N4O3. The first kappa shape index (κ1) is 20.0. The summed E-state index contributed by atoms with van der Waals surface area (Å²) in [6.45, 7) is 1.82. The number of hydrogen-bond acceptors (Lipinski definition) is 5. The fourth-order valence-corrected chi connectivity index (χ4v) is 5.09. The fraction of sp³-hybridized carbons (Fsp3) is 0.591. The molecule has 2 fully saturated rings. The third-order valence-electron chi connectivity index (χ3n) is 6.99. The fourth-order valence-electron chi connectivity index (χ4n) is 5.09. The minimum atomic E-state index is -0.568. The van der Waals surface area contributed by atoms with Crippen LogP contribution in [0.4, 0.5) is 0 Å². The molecule has 2 aliphatic heterocycles. The van der Waals surface area contributed by atoms with Crippen molar-refractivity contribution < 1.29 is 14.4 Å². The van der Waals surface area contributed by atoms with E-state index in [1.165, 1.54) is 19.3 Å². The van der Waals surface area contributed by atoms with Gasteiger partial charge in [0.2, 0.25) is 11.8 Å². The standard InChI is InChI=1S/C22H30N4O3/c1-25(22(14-23)9-3-2-4-10-22)12-15-5-6-16-13-26(21(29)17(16)11-15)18-7-8-19(27)24-20(18)28/h5-6,11,18H,2-4,7-10,12-14,23H2,1H3,(H,24,27,28).